The van der Waals surface area contributed by atoms with Crippen LogP contribution in [0.15, 0.2) is 47.4 Å². The number of rotatable bonds is 3. The summed E-state index contributed by atoms with van der Waals surface area (Å²) < 4.78 is 6.19. The summed E-state index contributed by atoms with van der Waals surface area (Å²) in [6.45, 7) is -0.234. The van der Waals surface area contributed by atoms with Crippen LogP contribution in [0.1, 0.15) is 16.6 Å². The quantitative estimate of drug-likeness (QED) is 0.566. The average molecular weight is 347 g/mol. The van der Waals surface area contributed by atoms with Crippen LogP contribution in [-0.4, -0.2) is 55.7 Å². The first-order valence-electron chi connectivity index (χ1n) is 7.59. The Balaban J connectivity index is 1.77. The summed E-state index contributed by atoms with van der Waals surface area (Å²) in [7, 11) is 0. The highest BCUT2D eigenvalue weighted by Crippen LogP contribution is 2.22. The summed E-state index contributed by atoms with van der Waals surface area (Å²) in [5.41, 5.74) is -0.366. The third kappa shape index (κ3) is 3.59. The summed E-state index contributed by atoms with van der Waals surface area (Å²) in [6, 6.07) is 9.81. The Hall–Kier alpha value is -2.59. The molecule has 2 heterocycles. The molecule has 0 aliphatic carbocycles. The Morgan fingerprint density at radius 1 is 1.16 bits per heavy atom. The molecule has 4 atom stereocenters. The standard InChI is InChI=1S/C16H17N3O6/c20-10-8-25-15(13(22)12(10)21)19-7-6-11(18-16(19)24)17-14(23)9-4-2-1-3-5-9/h1-7,10,12-13,15,20-22H,8H2,(H,17,18,23,24)/t10-,12-,13-,15?/m1/s1. The van der Waals surface area contributed by atoms with Crippen LogP contribution < -0.4 is 11.0 Å². The number of aliphatic hydroxyl groups is 3. The highest BCUT2D eigenvalue weighted by atomic mass is 16.5. The number of nitrogens with one attached hydrogen (secondary N) is 1. The number of carbonyl (C=O) groups is 1. The average Bonchev–Trinajstić information content (AvgIpc) is 2.61. The molecule has 0 saturated carbocycles. The number of hydrogen-bond donors (Lipinski definition) is 4. The Kier molecular flexibility index (Phi) is 4.91. The van der Waals surface area contributed by atoms with Gasteiger partial charge in [0, 0.05) is 11.8 Å². The highest BCUT2D eigenvalue weighted by molar-refractivity contribution is 6.03. The van der Waals surface area contributed by atoms with Gasteiger partial charge in [0.2, 0.25) is 0 Å². The molecule has 132 valence electrons. The van der Waals surface area contributed by atoms with Crippen LogP contribution in [0, 0.1) is 0 Å². The van der Waals surface area contributed by atoms with E-state index in [2.05, 4.69) is 10.3 Å². The van der Waals surface area contributed by atoms with E-state index >= 15 is 0 Å². The number of aliphatic hydroxyl groups excluding tert-OH is 3. The van der Waals surface area contributed by atoms with Crippen molar-refractivity contribution in [2.45, 2.75) is 24.5 Å². The number of nitrogens with zero attached hydrogens (tertiary/aromatic N) is 2. The zero-order valence-electron chi connectivity index (χ0n) is 13.0. The van der Waals surface area contributed by atoms with E-state index in [-0.39, 0.29) is 12.4 Å². The van der Waals surface area contributed by atoms with Crippen molar-refractivity contribution in [2.75, 3.05) is 11.9 Å². The third-order valence-corrected chi connectivity index (χ3v) is 3.86. The van der Waals surface area contributed by atoms with Gasteiger partial charge >= 0.3 is 5.69 Å². The van der Waals surface area contributed by atoms with Crippen molar-refractivity contribution >= 4 is 11.7 Å². The highest BCUT2D eigenvalue weighted by Gasteiger charge is 2.39. The van der Waals surface area contributed by atoms with Crippen molar-refractivity contribution in [1.82, 2.24) is 9.55 Å². The SMILES string of the molecule is O=C(Nc1ccn(C2OC[C@@H](O)[C@@H](O)[C@H]2O)c(=O)n1)c1ccccc1. The molecule has 1 aromatic carbocycles. The number of carbonyl (C=O) groups excluding carboxylic acids is 1. The lowest BCUT2D eigenvalue weighted by molar-refractivity contribution is -0.212. The molecule has 9 nitrogen and oxygen atoms in total. The number of amides is 1. The Morgan fingerprint density at radius 2 is 1.88 bits per heavy atom. The van der Waals surface area contributed by atoms with Crippen molar-refractivity contribution in [2.24, 2.45) is 0 Å². The van der Waals surface area contributed by atoms with Gasteiger partial charge in [-0.1, -0.05) is 18.2 Å². The molecule has 1 aliphatic rings. The zero-order valence-corrected chi connectivity index (χ0v) is 13.0. The summed E-state index contributed by atoms with van der Waals surface area (Å²) in [4.78, 5) is 27.9. The molecule has 1 saturated heterocycles. The molecule has 1 amide bonds. The van der Waals surface area contributed by atoms with E-state index in [1.54, 1.807) is 30.3 Å². The minimum Gasteiger partial charge on any atom is -0.388 e. The summed E-state index contributed by atoms with van der Waals surface area (Å²) in [6.07, 6.45) is -4.07. The van der Waals surface area contributed by atoms with Gasteiger partial charge in [-0.05, 0) is 18.2 Å². The van der Waals surface area contributed by atoms with E-state index in [4.69, 9.17) is 4.74 Å². The van der Waals surface area contributed by atoms with Crippen LogP contribution >= 0.6 is 0 Å². The maximum absolute atomic E-state index is 12.2. The maximum Gasteiger partial charge on any atom is 0.351 e. The summed E-state index contributed by atoms with van der Waals surface area (Å²) in [5.74, 6) is -0.376. The number of anilines is 1. The van der Waals surface area contributed by atoms with E-state index in [0.29, 0.717) is 5.56 Å². The van der Waals surface area contributed by atoms with Gasteiger partial charge in [0.1, 0.15) is 24.1 Å². The van der Waals surface area contributed by atoms with E-state index in [9.17, 15) is 24.9 Å². The smallest absolute Gasteiger partial charge is 0.351 e. The van der Waals surface area contributed by atoms with Crippen molar-refractivity contribution in [3.05, 3.63) is 58.6 Å². The minimum absolute atomic E-state index is 0.0426. The first-order chi connectivity index (χ1) is 12.0. The summed E-state index contributed by atoms with van der Waals surface area (Å²) in [5, 5.41) is 31.6. The van der Waals surface area contributed by atoms with Crippen LogP contribution in [0.3, 0.4) is 0 Å². The number of benzene rings is 1. The molecule has 25 heavy (non-hydrogen) atoms. The second kappa shape index (κ2) is 7.11. The topological polar surface area (TPSA) is 134 Å². The van der Waals surface area contributed by atoms with Gasteiger partial charge in [-0.2, -0.15) is 4.98 Å². The molecule has 4 N–H and O–H groups in total. The van der Waals surface area contributed by atoms with E-state index in [0.717, 1.165) is 4.57 Å². The Bertz CT molecular complexity index is 809. The van der Waals surface area contributed by atoms with Crippen molar-refractivity contribution < 1.29 is 24.9 Å². The molecule has 1 aromatic heterocycles. The van der Waals surface area contributed by atoms with Gasteiger partial charge in [0.15, 0.2) is 6.23 Å². The molecule has 2 aromatic rings. The van der Waals surface area contributed by atoms with Gasteiger partial charge in [0.05, 0.1) is 6.61 Å². The van der Waals surface area contributed by atoms with Gasteiger partial charge < -0.3 is 25.4 Å². The number of aromatic nitrogens is 2. The molecular formula is C16H17N3O6. The van der Waals surface area contributed by atoms with Gasteiger partial charge in [-0.15, -0.1) is 0 Å². The predicted molar refractivity (Wildman–Crippen MR) is 85.9 cm³/mol. The second-order valence-corrected chi connectivity index (χ2v) is 5.60. The molecule has 1 aliphatic heterocycles. The lowest BCUT2D eigenvalue weighted by Crippen LogP contribution is -2.52. The van der Waals surface area contributed by atoms with Crippen LogP contribution in [0.4, 0.5) is 5.82 Å². The fourth-order valence-corrected chi connectivity index (χ4v) is 2.49. The first kappa shape index (κ1) is 17.2. The minimum atomic E-state index is -1.49. The van der Waals surface area contributed by atoms with Crippen LogP contribution in [0.25, 0.3) is 0 Å². The van der Waals surface area contributed by atoms with Crippen LogP contribution in [-0.2, 0) is 4.74 Å². The van der Waals surface area contributed by atoms with E-state index in [1.807, 2.05) is 0 Å². The maximum atomic E-state index is 12.2. The third-order valence-electron chi connectivity index (χ3n) is 3.86. The monoisotopic (exact) mass is 347 g/mol. The molecule has 3 rings (SSSR count). The van der Waals surface area contributed by atoms with Crippen molar-refractivity contribution in [3.8, 4) is 0 Å². The lowest BCUT2D eigenvalue weighted by atomic mass is 10.0. The van der Waals surface area contributed by atoms with Crippen molar-refractivity contribution in [1.29, 1.82) is 0 Å². The van der Waals surface area contributed by atoms with Gasteiger partial charge in [-0.25, -0.2) is 4.79 Å². The normalized spacial score (nSPS) is 26.2. The Labute approximate surface area is 142 Å². The Morgan fingerprint density at radius 3 is 2.56 bits per heavy atom. The molecule has 1 unspecified atom stereocenters. The van der Waals surface area contributed by atoms with Crippen molar-refractivity contribution in [3.63, 3.8) is 0 Å². The van der Waals surface area contributed by atoms with E-state index < -0.39 is 36.1 Å². The second-order valence-electron chi connectivity index (χ2n) is 5.60. The zero-order chi connectivity index (χ0) is 18.0. The fourth-order valence-electron chi connectivity index (χ4n) is 2.49. The van der Waals surface area contributed by atoms with Crippen LogP contribution in [0.5, 0.6) is 0 Å². The van der Waals surface area contributed by atoms with Crippen LogP contribution in [0.2, 0.25) is 0 Å². The van der Waals surface area contributed by atoms with Gasteiger partial charge in [-0.3, -0.25) is 9.36 Å². The molecule has 1 fully saturated rings. The number of hydrogen-bond acceptors (Lipinski definition) is 7. The largest absolute Gasteiger partial charge is 0.388 e. The van der Waals surface area contributed by atoms with E-state index in [1.165, 1.54) is 12.3 Å². The molecular weight excluding hydrogens is 330 g/mol. The fraction of sp³-hybridized carbons (Fsp3) is 0.312. The molecule has 0 spiro atoms. The lowest BCUT2D eigenvalue weighted by Gasteiger charge is -2.35. The molecule has 0 bridgehead atoms. The summed E-state index contributed by atoms with van der Waals surface area (Å²) >= 11 is 0. The first-order valence-corrected chi connectivity index (χ1v) is 7.59. The predicted octanol–water partition coefficient (Wildman–Crippen LogP) is -0.893. The molecule has 0 radical (unpaired) electrons. The number of ether oxygens (including phenoxy) is 1. The van der Waals surface area contributed by atoms with Gasteiger partial charge in [0.25, 0.3) is 5.91 Å². The molecule has 9 heteroatoms.